The number of hydrogen-bond donors (Lipinski definition) is 1. The number of aromatic nitrogens is 2. The highest BCUT2D eigenvalue weighted by Gasteiger charge is 2.30. The second-order valence-corrected chi connectivity index (χ2v) is 8.16. The number of fused-ring (bicyclic) bond motifs is 4. The van der Waals surface area contributed by atoms with Gasteiger partial charge in [0.05, 0.1) is 31.8 Å². The van der Waals surface area contributed by atoms with Gasteiger partial charge in [-0.3, -0.25) is 9.29 Å². The zero-order valence-electron chi connectivity index (χ0n) is 15.6. The second kappa shape index (κ2) is 6.31. The lowest BCUT2D eigenvalue weighted by Crippen LogP contribution is -2.16. The van der Waals surface area contributed by atoms with E-state index in [1.165, 1.54) is 13.3 Å². The Kier molecular flexibility index (Phi) is 3.85. The standard InChI is InChI=1S/C19H17N3O6S/c1-25-15-5-11-6-18-20-9-19(22(18)13(11)8-16(15)26-2)29(23,24)21-12-3-4-14-17(7-12)28-10-27-14/h3-5,7-9,21H,6,10H2,1-2H3. The number of ether oxygens (including phenoxy) is 4. The van der Waals surface area contributed by atoms with Crippen LogP contribution in [-0.2, 0) is 16.4 Å². The molecule has 5 rings (SSSR count). The Morgan fingerprint density at radius 2 is 1.83 bits per heavy atom. The number of benzene rings is 2. The molecule has 2 aliphatic heterocycles. The van der Waals surface area contributed by atoms with Crippen LogP contribution in [0.4, 0.5) is 5.69 Å². The summed E-state index contributed by atoms with van der Waals surface area (Å²) in [6.45, 7) is 0.115. The van der Waals surface area contributed by atoms with Crippen molar-refractivity contribution >= 4 is 15.7 Å². The zero-order valence-corrected chi connectivity index (χ0v) is 16.4. The van der Waals surface area contributed by atoms with Gasteiger partial charge in [0.25, 0.3) is 10.0 Å². The first kappa shape index (κ1) is 17.7. The first-order chi connectivity index (χ1) is 14.0. The van der Waals surface area contributed by atoms with Crippen molar-refractivity contribution in [2.75, 3.05) is 25.7 Å². The molecule has 3 aromatic rings. The molecule has 150 valence electrons. The predicted molar refractivity (Wildman–Crippen MR) is 103 cm³/mol. The maximum absolute atomic E-state index is 13.1. The Morgan fingerprint density at radius 3 is 2.62 bits per heavy atom. The molecular formula is C19H17N3O6S. The van der Waals surface area contributed by atoms with Crippen LogP contribution in [0.3, 0.4) is 0 Å². The second-order valence-electron chi connectivity index (χ2n) is 6.53. The minimum atomic E-state index is -3.91. The van der Waals surface area contributed by atoms with E-state index in [2.05, 4.69) is 9.71 Å². The highest BCUT2D eigenvalue weighted by Crippen LogP contribution is 2.39. The Labute approximate surface area is 166 Å². The van der Waals surface area contributed by atoms with Crippen LogP contribution >= 0.6 is 0 Å². The van der Waals surface area contributed by atoms with Gasteiger partial charge in [-0.1, -0.05) is 0 Å². The number of nitrogens with zero attached hydrogens (tertiary/aromatic N) is 2. The van der Waals surface area contributed by atoms with Crippen LogP contribution < -0.4 is 23.7 Å². The number of anilines is 1. The van der Waals surface area contributed by atoms with Crippen molar-refractivity contribution < 1.29 is 27.4 Å². The van der Waals surface area contributed by atoms with Gasteiger partial charge in [0.15, 0.2) is 28.0 Å². The quantitative estimate of drug-likeness (QED) is 0.534. The summed E-state index contributed by atoms with van der Waals surface area (Å²) in [5, 5.41) is 0.0381. The third kappa shape index (κ3) is 2.75. The maximum atomic E-state index is 13.1. The fourth-order valence-electron chi connectivity index (χ4n) is 3.54. The molecule has 2 aliphatic rings. The third-order valence-electron chi connectivity index (χ3n) is 4.88. The SMILES string of the molecule is COc1cc2c(cc1OC)-n1c(S(=O)(=O)Nc3ccc4c(c3)OCO4)cnc1C2. The van der Waals surface area contributed by atoms with E-state index in [4.69, 9.17) is 18.9 Å². The number of rotatable bonds is 5. The molecule has 29 heavy (non-hydrogen) atoms. The number of methoxy groups -OCH3 is 2. The Bertz CT molecular complexity index is 1230. The fourth-order valence-corrected chi connectivity index (χ4v) is 4.72. The molecule has 0 saturated heterocycles. The maximum Gasteiger partial charge on any atom is 0.279 e. The fraction of sp³-hybridized carbons (Fsp3) is 0.211. The number of nitrogens with one attached hydrogen (secondary N) is 1. The lowest BCUT2D eigenvalue weighted by molar-refractivity contribution is 0.174. The molecule has 10 heteroatoms. The van der Waals surface area contributed by atoms with Crippen LogP contribution in [-0.4, -0.2) is 39.0 Å². The summed E-state index contributed by atoms with van der Waals surface area (Å²) in [5.41, 5.74) is 1.97. The molecule has 2 aromatic carbocycles. The van der Waals surface area contributed by atoms with Crippen LogP contribution in [0.15, 0.2) is 41.6 Å². The largest absolute Gasteiger partial charge is 0.493 e. The van der Waals surface area contributed by atoms with Crippen molar-refractivity contribution in [3.8, 4) is 28.7 Å². The van der Waals surface area contributed by atoms with Crippen LogP contribution in [0.25, 0.3) is 5.69 Å². The molecule has 3 heterocycles. The van der Waals surface area contributed by atoms with Gasteiger partial charge in [-0.2, -0.15) is 8.42 Å². The third-order valence-corrected chi connectivity index (χ3v) is 6.22. The number of imidazole rings is 1. The lowest BCUT2D eigenvalue weighted by Gasteiger charge is -2.13. The molecule has 1 N–H and O–H groups in total. The molecule has 0 amide bonds. The van der Waals surface area contributed by atoms with Gasteiger partial charge in [-0.05, 0) is 23.8 Å². The van der Waals surface area contributed by atoms with Crippen LogP contribution in [0.5, 0.6) is 23.0 Å². The molecule has 0 bridgehead atoms. The summed E-state index contributed by atoms with van der Waals surface area (Å²) in [5.74, 6) is 2.79. The van der Waals surface area contributed by atoms with E-state index >= 15 is 0 Å². The Hall–Kier alpha value is -3.40. The predicted octanol–water partition coefficient (Wildman–Crippen LogP) is 2.32. The van der Waals surface area contributed by atoms with E-state index in [0.29, 0.717) is 46.6 Å². The number of sulfonamides is 1. The summed E-state index contributed by atoms with van der Waals surface area (Å²) in [6, 6.07) is 8.46. The van der Waals surface area contributed by atoms with Crippen molar-refractivity contribution in [2.24, 2.45) is 0 Å². The molecule has 9 nitrogen and oxygen atoms in total. The molecule has 0 spiro atoms. The molecule has 0 aliphatic carbocycles. The van der Waals surface area contributed by atoms with Gasteiger partial charge in [-0.15, -0.1) is 0 Å². The summed E-state index contributed by atoms with van der Waals surface area (Å²) >= 11 is 0. The van der Waals surface area contributed by atoms with E-state index in [9.17, 15) is 8.42 Å². The average Bonchev–Trinajstić information content (AvgIpc) is 3.40. The summed E-state index contributed by atoms with van der Waals surface area (Å²) in [6.07, 6.45) is 1.85. The Morgan fingerprint density at radius 1 is 1.07 bits per heavy atom. The monoisotopic (exact) mass is 415 g/mol. The molecule has 0 unspecified atom stereocenters. The molecule has 0 saturated carbocycles. The van der Waals surface area contributed by atoms with Crippen molar-refractivity contribution in [3.05, 3.63) is 47.9 Å². The van der Waals surface area contributed by atoms with E-state index in [1.54, 1.807) is 35.9 Å². The molecule has 0 radical (unpaired) electrons. The minimum absolute atomic E-state index is 0.0381. The smallest absolute Gasteiger partial charge is 0.279 e. The minimum Gasteiger partial charge on any atom is -0.493 e. The first-order valence-corrected chi connectivity index (χ1v) is 10.2. The van der Waals surface area contributed by atoms with Gasteiger partial charge >= 0.3 is 0 Å². The van der Waals surface area contributed by atoms with Gasteiger partial charge in [0, 0.05) is 18.6 Å². The molecule has 0 atom stereocenters. The highest BCUT2D eigenvalue weighted by atomic mass is 32.2. The highest BCUT2D eigenvalue weighted by molar-refractivity contribution is 7.92. The van der Waals surface area contributed by atoms with E-state index in [0.717, 1.165) is 5.56 Å². The van der Waals surface area contributed by atoms with Crippen LogP contribution in [0, 0.1) is 0 Å². The summed E-state index contributed by atoms with van der Waals surface area (Å²) in [7, 11) is -0.816. The average molecular weight is 415 g/mol. The Balaban J connectivity index is 1.54. The van der Waals surface area contributed by atoms with E-state index in [1.807, 2.05) is 6.07 Å². The lowest BCUT2D eigenvalue weighted by atomic mass is 10.1. The van der Waals surface area contributed by atoms with Crippen molar-refractivity contribution in [1.82, 2.24) is 9.55 Å². The van der Waals surface area contributed by atoms with Crippen LogP contribution in [0.1, 0.15) is 11.4 Å². The van der Waals surface area contributed by atoms with Gasteiger partial charge in [0.2, 0.25) is 6.79 Å². The van der Waals surface area contributed by atoms with Gasteiger partial charge < -0.3 is 18.9 Å². The van der Waals surface area contributed by atoms with E-state index < -0.39 is 10.0 Å². The van der Waals surface area contributed by atoms with Gasteiger partial charge in [0.1, 0.15) is 5.82 Å². The van der Waals surface area contributed by atoms with Crippen molar-refractivity contribution in [3.63, 3.8) is 0 Å². The summed E-state index contributed by atoms with van der Waals surface area (Å²) < 4.78 is 51.7. The number of hydrogen-bond acceptors (Lipinski definition) is 7. The molecule has 1 aromatic heterocycles. The molecular weight excluding hydrogens is 398 g/mol. The topological polar surface area (TPSA) is 101 Å². The normalized spacial score (nSPS) is 13.7. The van der Waals surface area contributed by atoms with E-state index in [-0.39, 0.29) is 11.8 Å². The van der Waals surface area contributed by atoms with Crippen molar-refractivity contribution in [1.29, 1.82) is 0 Å². The zero-order chi connectivity index (χ0) is 20.2. The van der Waals surface area contributed by atoms with Gasteiger partial charge in [-0.25, -0.2) is 4.98 Å². The summed E-state index contributed by atoms with van der Waals surface area (Å²) in [4.78, 5) is 4.31. The van der Waals surface area contributed by atoms with Crippen molar-refractivity contribution in [2.45, 2.75) is 11.4 Å². The first-order valence-electron chi connectivity index (χ1n) is 8.74. The van der Waals surface area contributed by atoms with Crippen LogP contribution in [0.2, 0.25) is 0 Å². The molecule has 0 fully saturated rings.